The summed E-state index contributed by atoms with van der Waals surface area (Å²) in [6.45, 7) is 6.52. The van der Waals surface area contributed by atoms with Gasteiger partial charge in [-0.05, 0) is 75.0 Å². The lowest BCUT2D eigenvalue weighted by Gasteiger charge is -2.61. The molecule has 23 heavy (non-hydrogen) atoms. The highest BCUT2D eigenvalue weighted by Crippen LogP contribution is 2.66. The quantitative estimate of drug-likeness (QED) is 0.802. The first-order valence-electron chi connectivity index (χ1n) is 9.53. The zero-order valence-electron chi connectivity index (χ0n) is 15.1. The summed E-state index contributed by atoms with van der Waals surface area (Å²) >= 11 is 0. The Balaban J connectivity index is 1.72. The van der Waals surface area contributed by atoms with E-state index in [0.717, 1.165) is 32.1 Å². The Kier molecular flexibility index (Phi) is 3.37. The van der Waals surface area contributed by atoms with Crippen molar-refractivity contribution in [3.8, 4) is 0 Å². The second-order valence-electron chi connectivity index (χ2n) is 9.65. The van der Waals surface area contributed by atoms with Gasteiger partial charge < -0.3 is 9.84 Å². The molecule has 0 heterocycles. The van der Waals surface area contributed by atoms with Gasteiger partial charge in [-0.1, -0.05) is 13.8 Å². The molecule has 3 heteroatoms. The van der Waals surface area contributed by atoms with E-state index in [1.807, 2.05) is 14.0 Å². The molecule has 1 N–H and O–H groups in total. The molecule has 4 aliphatic carbocycles. The minimum Gasteiger partial charge on any atom is -0.389 e. The number of carbonyl (C=O) groups excluding carboxylic acids is 1. The summed E-state index contributed by atoms with van der Waals surface area (Å²) in [4.78, 5) is 13.1. The number of Topliss-reactive ketones (excluding diaryl/α,β-unsaturated/α-hetero) is 1. The maximum Gasteiger partial charge on any atom is 0.144 e. The number of aliphatic hydroxyl groups is 1. The molecule has 0 aromatic heterocycles. The summed E-state index contributed by atoms with van der Waals surface area (Å²) in [5.41, 5.74) is -0.718. The van der Waals surface area contributed by atoms with Gasteiger partial charge in [0, 0.05) is 18.4 Å². The van der Waals surface area contributed by atoms with E-state index in [-0.39, 0.29) is 16.7 Å². The first-order valence-corrected chi connectivity index (χ1v) is 9.53. The molecule has 2 bridgehead atoms. The second kappa shape index (κ2) is 4.82. The fourth-order valence-corrected chi connectivity index (χ4v) is 7.24. The molecule has 0 spiro atoms. The Morgan fingerprint density at radius 2 is 1.87 bits per heavy atom. The lowest BCUT2D eigenvalue weighted by Crippen LogP contribution is -2.62. The molecule has 130 valence electrons. The van der Waals surface area contributed by atoms with Crippen LogP contribution < -0.4 is 0 Å². The van der Waals surface area contributed by atoms with Crippen LogP contribution in [0.15, 0.2) is 0 Å². The molecule has 4 aliphatic rings. The standard InChI is InChI=1S/C20H32O3/c1-18-8-7-14-12(13(18)5-6-16(18)23-4)11-15-17(21)19(14,2)9-10-20(15,3)22/h12-16,22H,5-11H2,1-4H3/t12-,13-,14-,15?,16-,18-,19+,20?/m0/s1/i3+2,4+2. The zero-order chi connectivity index (χ0) is 16.6. The van der Waals surface area contributed by atoms with E-state index < -0.39 is 5.60 Å². The third kappa shape index (κ3) is 1.93. The predicted octanol–water partition coefficient (Wildman–Crippen LogP) is 3.58. The SMILES string of the molecule is C[C@]12CC[C@H]3[C@@H](CC4C(=O)[C@]3(C)CCC4([14CH3])O)[C@@H]1CC[C@@H]2O[14CH3]. The largest absolute Gasteiger partial charge is 0.389 e. The maximum absolute atomic E-state index is 13.1. The topological polar surface area (TPSA) is 46.5 Å². The lowest BCUT2D eigenvalue weighted by atomic mass is 9.44. The van der Waals surface area contributed by atoms with Gasteiger partial charge in [0.2, 0.25) is 0 Å². The molecule has 0 aliphatic heterocycles. The van der Waals surface area contributed by atoms with Crippen LogP contribution in [0.25, 0.3) is 0 Å². The first-order chi connectivity index (χ1) is 10.7. The Morgan fingerprint density at radius 3 is 2.57 bits per heavy atom. The van der Waals surface area contributed by atoms with Gasteiger partial charge in [0.1, 0.15) is 5.78 Å². The van der Waals surface area contributed by atoms with E-state index in [4.69, 9.17) is 4.74 Å². The van der Waals surface area contributed by atoms with Crippen molar-refractivity contribution in [1.82, 2.24) is 0 Å². The van der Waals surface area contributed by atoms with Gasteiger partial charge in [-0.15, -0.1) is 0 Å². The Bertz CT molecular complexity index is 527. The molecular formula is C20H32O3. The van der Waals surface area contributed by atoms with Crippen LogP contribution in [0.3, 0.4) is 0 Å². The van der Waals surface area contributed by atoms with Crippen LogP contribution in [0.2, 0.25) is 0 Å². The number of rotatable bonds is 1. The van der Waals surface area contributed by atoms with Gasteiger partial charge in [-0.3, -0.25) is 4.79 Å². The highest BCUT2D eigenvalue weighted by molar-refractivity contribution is 5.89. The monoisotopic (exact) mass is 324 g/mol. The van der Waals surface area contributed by atoms with Gasteiger partial charge in [0.05, 0.1) is 11.7 Å². The zero-order valence-corrected chi connectivity index (χ0v) is 15.1. The first kappa shape index (κ1) is 16.1. The molecule has 0 saturated heterocycles. The number of hydrogen-bond donors (Lipinski definition) is 1. The van der Waals surface area contributed by atoms with Crippen molar-refractivity contribution in [2.45, 2.75) is 77.4 Å². The Hall–Kier alpha value is -0.410. The molecule has 3 nitrogen and oxygen atoms in total. The van der Waals surface area contributed by atoms with Crippen molar-refractivity contribution in [3.63, 3.8) is 0 Å². The number of hydrogen-bond acceptors (Lipinski definition) is 3. The van der Waals surface area contributed by atoms with Crippen molar-refractivity contribution < 1.29 is 14.6 Å². The van der Waals surface area contributed by atoms with Crippen molar-refractivity contribution in [2.75, 3.05) is 7.11 Å². The van der Waals surface area contributed by atoms with Crippen LogP contribution >= 0.6 is 0 Å². The second-order valence-corrected chi connectivity index (χ2v) is 9.65. The van der Waals surface area contributed by atoms with Crippen molar-refractivity contribution in [1.29, 1.82) is 0 Å². The molecule has 0 aromatic rings. The average Bonchev–Trinajstić information content (AvgIpc) is 2.84. The molecule has 4 fully saturated rings. The van der Waals surface area contributed by atoms with Crippen LogP contribution in [0.5, 0.6) is 0 Å². The highest BCUT2D eigenvalue weighted by Gasteiger charge is 2.65. The summed E-state index contributed by atoms with van der Waals surface area (Å²) in [6.07, 6.45) is 7.68. The number of ether oxygens (including phenoxy) is 1. The predicted molar refractivity (Wildman–Crippen MR) is 88.9 cm³/mol. The van der Waals surface area contributed by atoms with Crippen LogP contribution in [0, 0.1) is 34.5 Å². The summed E-state index contributed by atoms with van der Waals surface area (Å²) < 4.78 is 5.83. The fourth-order valence-electron chi connectivity index (χ4n) is 7.24. The molecule has 2 unspecified atom stereocenters. The Labute approximate surface area is 140 Å². The van der Waals surface area contributed by atoms with E-state index in [1.54, 1.807) is 0 Å². The van der Waals surface area contributed by atoms with Gasteiger partial charge in [-0.2, -0.15) is 0 Å². The van der Waals surface area contributed by atoms with Gasteiger partial charge in [-0.25, -0.2) is 0 Å². The minimum atomic E-state index is -0.797. The lowest BCUT2D eigenvalue weighted by molar-refractivity contribution is -0.183. The van der Waals surface area contributed by atoms with Crippen molar-refractivity contribution in [2.24, 2.45) is 34.5 Å². The Morgan fingerprint density at radius 1 is 1.13 bits per heavy atom. The number of ketones is 1. The van der Waals surface area contributed by atoms with Gasteiger partial charge >= 0.3 is 0 Å². The fraction of sp³-hybridized carbons (Fsp3) is 0.950. The van der Waals surface area contributed by atoms with E-state index >= 15 is 0 Å². The van der Waals surface area contributed by atoms with Gasteiger partial charge in [0.15, 0.2) is 0 Å². The number of fused-ring (bicyclic) bond motifs is 6. The van der Waals surface area contributed by atoms with Crippen LogP contribution in [-0.2, 0) is 9.53 Å². The van der Waals surface area contributed by atoms with E-state index in [1.165, 1.54) is 12.8 Å². The minimum absolute atomic E-state index is 0.147. The van der Waals surface area contributed by atoms with E-state index in [0.29, 0.717) is 29.6 Å². The van der Waals surface area contributed by atoms with Gasteiger partial charge in [0.25, 0.3) is 0 Å². The molecule has 0 radical (unpaired) electrons. The van der Waals surface area contributed by atoms with Crippen LogP contribution in [0.4, 0.5) is 0 Å². The smallest absolute Gasteiger partial charge is 0.144 e. The average molecular weight is 324 g/mol. The van der Waals surface area contributed by atoms with Crippen LogP contribution in [0.1, 0.15) is 65.7 Å². The van der Waals surface area contributed by atoms with Crippen LogP contribution in [-0.4, -0.2) is 29.7 Å². The van der Waals surface area contributed by atoms with Crippen molar-refractivity contribution in [3.05, 3.63) is 0 Å². The summed E-state index contributed by atoms with van der Waals surface area (Å²) in [6, 6.07) is 0. The highest BCUT2D eigenvalue weighted by atomic mass is 16.6. The third-order valence-corrected chi connectivity index (χ3v) is 8.74. The summed E-state index contributed by atoms with van der Waals surface area (Å²) in [7, 11) is 1.86. The van der Waals surface area contributed by atoms with E-state index in [9.17, 15) is 9.90 Å². The normalized spacial score (nSPS) is 58.7. The molecule has 4 rings (SSSR count). The molecular weight excluding hydrogens is 292 g/mol. The molecule has 0 aromatic carbocycles. The number of carbonyl (C=O) groups is 1. The number of methoxy groups -OCH3 is 1. The molecule has 4 saturated carbocycles. The van der Waals surface area contributed by atoms with E-state index in [2.05, 4.69) is 13.8 Å². The maximum atomic E-state index is 13.1. The van der Waals surface area contributed by atoms with Crippen molar-refractivity contribution >= 4 is 5.78 Å². The molecule has 8 atom stereocenters. The summed E-state index contributed by atoms with van der Waals surface area (Å²) in [5, 5.41) is 10.8. The summed E-state index contributed by atoms with van der Waals surface area (Å²) in [5.74, 6) is 1.99. The molecule has 0 amide bonds. The third-order valence-electron chi connectivity index (χ3n) is 8.74.